The molecular weight excluding hydrogens is 386 g/mol. The number of hydrogen-bond donors (Lipinski definition) is 2. The maximum atomic E-state index is 11.3. The molecule has 0 saturated carbocycles. The molecule has 1 aliphatic rings. The van der Waals surface area contributed by atoms with Crippen molar-refractivity contribution in [3.8, 4) is 0 Å². The monoisotopic (exact) mass is 398 g/mol. The van der Waals surface area contributed by atoms with Crippen LogP contribution in [0.5, 0.6) is 0 Å². The fourth-order valence-corrected chi connectivity index (χ4v) is 3.19. The van der Waals surface area contributed by atoms with Gasteiger partial charge >= 0.3 is 7.82 Å². The van der Waals surface area contributed by atoms with Crippen LogP contribution in [-0.2, 0) is 18.3 Å². The number of fused-ring (bicyclic) bond motifs is 1. The number of phosphoric ester groups is 1. The lowest BCUT2D eigenvalue weighted by Crippen LogP contribution is -2.26. The summed E-state index contributed by atoms with van der Waals surface area (Å²) < 4.78 is 27.6. The predicted molar refractivity (Wildman–Crippen MR) is 82.7 cm³/mol. The van der Waals surface area contributed by atoms with E-state index in [1.807, 2.05) is 0 Å². The van der Waals surface area contributed by atoms with Crippen molar-refractivity contribution < 1.29 is 28.3 Å². The molecule has 132 valence electrons. The summed E-state index contributed by atoms with van der Waals surface area (Å²) >= 11 is 11.8. The second-order valence-corrected chi connectivity index (χ2v) is 7.24. The van der Waals surface area contributed by atoms with Gasteiger partial charge in [-0.05, 0) is 11.6 Å². The van der Waals surface area contributed by atoms with Crippen LogP contribution in [0.2, 0.25) is 10.4 Å². The molecule has 1 unspecified atom stereocenters. The average molecular weight is 399 g/mol. The van der Waals surface area contributed by atoms with Crippen molar-refractivity contribution in [1.82, 2.24) is 19.5 Å². The Morgan fingerprint density at radius 3 is 2.96 bits per heavy atom. The number of ether oxygens (including phenoxy) is 1. The van der Waals surface area contributed by atoms with Crippen molar-refractivity contribution >= 4 is 42.2 Å². The highest BCUT2D eigenvalue weighted by molar-refractivity contribution is 7.47. The molecule has 0 amide bonds. The number of phosphoric acid groups is 1. The third-order valence-corrected chi connectivity index (χ3v) is 4.87. The van der Waals surface area contributed by atoms with Crippen molar-refractivity contribution in [2.24, 2.45) is 0 Å². The molecule has 1 saturated heterocycles. The first-order valence-corrected chi connectivity index (χ1v) is 8.98. The zero-order valence-corrected chi connectivity index (χ0v) is 14.6. The van der Waals surface area contributed by atoms with Gasteiger partial charge in [-0.15, -0.1) is 0 Å². The topological polar surface area (TPSA) is 129 Å². The average Bonchev–Trinajstić information content (AvgIpc) is 3.09. The molecule has 0 aromatic carbocycles. The van der Waals surface area contributed by atoms with Crippen molar-refractivity contribution in [3.63, 3.8) is 0 Å². The molecule has 0 spiro atoms. The SMILES string of the molecule is COP(=O)(O)OC[C@H]1O[C@@H](n2cnc3c(Cl)nc(Cl)nc32)C[C@H]1O. The van der Waals surface area contributed by atoms with Gasteiger partial charge in [0.15, 0.2) is 10.8 Å². The molecule has 2 aromatic rings. The van der Waals surface area contributed by atoms with Crippen LogP contribution in [0.4, 0.5) is 0 Å². The number of aliphatic hydroxyl groups is 1. The fraction of sp³-hybridized carbons (Fsp3) is 0.545. The smallest absolute Gasteiger partial charge is 0.390 e. The van der Waals surface area contributed by atoms with E-state index in [4.69, 9.17) is 32.5 Å². The van der Waals surface area contributed by atoms with Crippen molar-refractivity contribution in [2.45, 2.75) is 24.9 Å². The molecule has 3 heterocycles. The molecule has 3 rings (SSSR count). The summed E-state index contributed by atoms with van der Waals surface area (Å²) in [6.07, 6.45) is -0.732. The molecule has 4 atom stereocenters. The molecule has 0 radical (unpaired) electrons. The van der Waals surface area contributed by atoms with Gasteiger partial charge in [-0.2, -0.15) is 4.98 Å². The van der Waals surface area contributed by atoms with Crippen LogP contribution in [0.25, 0.3) is 11.2 Å². The van der Waals surface area contributed by atoms with E-state index in [1.54, 1.807) is 4.57 Å². The van der Waals surface area contributed by atoms with E-state index in [2.05, 4.69) is 19.5 Å². The zero-order chi connectivity index (χ0) is 17.5. The summed E-state index contributed by atoms with van der Waals surface area (Å²) in [5.74, 6) is 0. The Labute approximate surface area is 145 Å². The van der Waals surface area contributed by atoms with Gasteiger partial charge in [-0.3, -0.25) is 13.6 Å². The summed E-state index contributed by atoms with van der Waals surface area (Å²) in [6, 6.07) is 0. The molecule has 13 heteroatoms. The maximum Gasteiger partial charge on any atom is 0.472 e. The summed E-state index contributed by atoms with van der Waals surface area (Å²) in [6.45, 7) is -0.317. The molecule has 24 heavy (non-hydrogen) atoms. The molecule has 2 aromatic heterocycles. The first-order chi connectivity index (χ1) is 11.3. The number of halogens is 2. The van der Waals surface area contributed by atoms with Gasteiger partial charge in [-0.25, -0.2) is 14.5 Å². The number of imidazole rings is 1. The van der Waals surface area contributed by atoms with Crippen LogP contribution in [-0.4, -0.2) is 55.4 Å². The first-order valence-electron chi connectivity index (χ1n) is 6.73. The van der Waals surface area contributed by atoms with Crippen LogP contribution < -0.4 is 0 Å². The number of nitrogens with zero attached hydrogens (tertiary/aromatic N) is 4. The minimum Gasteiger partial charge on any atom is -0.390 e. The number of rotatable bonds is 5. The molecule has 1 fully saturated rings. The summed E-state index contributed by atoms with van der Waals surface area (Å²) in [5.41, 5.74) is 0.696. The standard InChI is InChI=1S/C11H13Cl2N4O6P/c1-21-24(19,20)22-3-6-5(18)2-7(23-6)17-4-14-8-9(12)15-11(13)16-10(8)17/h4-7,18H,2-3H2,1H3,(H,19,20)/t5-,6-,7-/m1/s1. The lowest BCUT2D eigenvalue weighted by Gasteiger charge is -2.17. The second kappa shape index (κ2) is 6.81. The van der Waals surface area contributed by atoms with E-state index in [0.717, 1.165) is 7.11 Å². The van der Waals surface area contributed by atoms with Crippen LogP contribution in [0.1, 0.15) is 12.6 Å². The number of aromatic nitrogens is 4. The minimum absolute atomic E-state index is 0.0472. The highest BCUT2D eigenvalue weighted by Crippen LogP contribution is 2.43. The number of hydrogen-bond acceptors (Lipinski definition) is 8. The van der Waals surface area contributed by atoms with E-state index in [1.165, 1.54) is 6.33 Å². The summed E-state index contributed by atoms with van der Waals surface area (Å²) in [7, 11) is -3.11. The normalized spacial score (nSPS) is 26.8. The largest absolute Gasteiger partial charge is 0.472 e. The molecule has 10 nitrogen and oxygen atoms in total. The van der Waals surface area contributed by atoms with Crippen LogP contribution in [0.15, 0.2) is 6.33 Å². The molecule has 1 aliphatic heterocycles. The molecule has 2 N–H and O–H groups in total. The Balaban J connectivity index is 1.79. The maximum absolute atomic E-state index is 11.3. The zero-order valence-electron chi connectivity index (χ0n) is 12.2. The van der Waals surface area contributed by atoms with Crippen molar-refractivity contribution in [1.29, 1.82) is 0 Å². The van der Waals surface area contributed by atoms with Crippen LogP contribution >= 0.6 is 31.0 Å². The van der Waals surface area contributed by atoms with Gasteiger partial charge in [-0.1, -0.05) is 11.6 Å². The Kier molecular flexibility index (Phi) is 5.10. The minimum atomic E-state index is -4.15. The van der Waals surface area contributed by atoms with Gasteiger partial charge in [0, 0.05) is 13.5 Å². The van der Waals surface area contributed by atoms with Gasteiger partial charge in [0.2, 0.25) is 5.28 Å². The van der Waals surface area contributed by atoms with E-state index >= 15 is 0 Å². The molecule has 0 aliphatic carbocycles. The molecule has 0 bridgehead atoms. The quantitative estimate of drug-likeness (QED) is 0.437. The Hall–Kier alpha value is -0.840. The Morgan fingerprint density at radius 2 is 2.25 bits per heavy atom. The summed E-state index contributed by atoms with van der Waals surface area (Å²) in [5, 5.41) is 10.1. The van der Waals surface area contributed by atoms with Crippen molar-refractivity contribution in [3.05, 3.63) is 16.8 Å². The van der Waals surface area contributed by atoms with E-state index in [-0.39, 0.29) is 23.5 Å². The van der Waals surface area contributed by atoms with Gasteiger partial charge < -0.3 is 14.7 Å². The fourth-order valence-electron chi connectivity index (χ4n) is 2.32. The van der Waals surface area contributed by atoms with Crippen LogP contribution in [0, 0.1) is 0 Å². The Morgan fingerprint density at radius 1 is 1.50 bits per heavy atom. The third-order valence-electron chi connectivity index (χ3n) is 3.50. The van der Waals surface area contributed by atoms with E-state index in [0.29, 0.717) is 11.2 Å². The molecular formula is C11H13Cl2N4O6P. The lowest BCUT2D eigenvalue weighted by molar-refractivity contribution is -0.0431. The summed E-state index contributed by atoms with van der Waals surface area (Å²) in [4.78, 5) is 21.2. The predicted octanol–water partition coefficient (Wildman–Crippen LogP) is 1.54. The first kappa shape index (κ1) is 18.0. The van der Waals surface area contributed by atoms with Gasteiger partial charge in [0.25, 0.3) is 0 Å². The second-order valence-electron chi connectivity index (χ2n) is 4.99. The highest BCUT2D eigenvalue weighted by Gasteiger charge is 2.37. The van der Waals surface area contributed by atoms with E-state index in [9.17, 15) is 14.6 Å². The van der Waals surface area contributed by atoms with Crippen molar-refractivity contribution in [2.75, 3.05) is 13.7 Å². The number of aliphatic hydroxyl groups excluding tert-OH is 1. The van der Waals surface area contributed by atoms with Gasteiger partial charge in [0.1, 0.15) is 17.8 Å². The van der Waals surface area contributed by atoms with Crippen LogP contribution in [0.3, 0.4) is 0 Å². The lowest BCUT2D eigenvalue weighted by atomic mass is 10.2. The third kappa shape index (κ3) is 3.56. The van der Waals surface area contributed by atoms with Gasteiger partial charge in [0.05, 0.1) is 19.0 Å². The Bertz CT molecular complexity index is 804. The van der Waals surface area contributed by atoms with E-state index < -0.39 is 26.3 Å². The highest BCUT2D eigenvalue weighted by atomic mass is 35.5.